The third-order valence-corrected chi connectivity index (χ3v) is 13.2. The molecule has 8 aromatic rings. The number of halogens is 8. The summed E-state index contributed by atoms with van der Waals surface area (Å²) in [5.74, 6) is -2.18. The summed E-state index contributed by atoms with van der Waals surface area (Å²) in [5.41, 5.74) is 3.34. The van der Waals surface area contributed by atoms with Crippen molar-refractivity contribution in [1.82, 2.24) is 40.3 Å². The normalized spacial score (nSPS) is 16.5. The van der Waals surface area contributed by atoms with Crippen molar-refractivity contribution < 1.29 is 27.0 Å². The van der Waals surface area contributed by atoms with Crippen LogP contribution < -0.4 is 19.3 Å². The Labute approximate surface area is 416 Å². The Morgan fingerprint density at radius 3 is 1.33 bits per heavy atom. The minimum atomic E-state index is -0.674. The lowest BCUT2D eigenvalue weighted by Gasteiger charge is -2.21. The number of benzene rings is 2. The molecule has 4 atom stereocenters. The van der Waals surface area contributed by atoms with E-state index in [0.29, 0.717) is 101 Å². The zero-order valence-corrected chi connectivity index (χ0v) is 39.8. The van der Waals surface area contributed by atoms with Crippen LogP contribution in [0.4, 0.5) is 29.2 Å². The number of hydrogen-bond acceptors (Lipinski definition) is 12. The van der Waals surface area contributed by atoms with Gasteiger partial charge in [-0.3, -0.25) is 20.2 Å². The number of H-pyrrole nitrogens is 2. The van der Waals surface area contributed by atoms with Gasteiger partial charge in [0.15, 0.2) is 46.4 Å². The van der Waals surface area contributed by atoms with Crippen molar-refractivity contribution >= 4 is 79.8 Å². The van der Waals surface area contributed by atoms with Crippen molar-refractivity contribution in [3.8, 4) is 46.2 Å². The van der Waals surface area contributed by atoms with Crippen LogP contribution in [-0.2, 0) is 0 Å². The molecule has 0 saturated carbocycles. The Morgan fingerprint density at radius 1 is 0.586 bits per heavy atom. The van der Waals surface area contributed by atoms with Gasteiger partial charge in [-0.2, -0.15) is 20.7 Å². The molecule has 0 aliphatic carbocycles. The fraction of sp³-hybridized carbons (Fsp3) is 0.250. The maximum absolute atomic E-state index is 15.0. The summed E-state index contributed by atoms with van der Waals surface area (Å²) in [7, 11) is 0. The first-order chi connectivity index (χ1) is 33.7. The molecule has 14 nitrogen and oxygen atoms in total. The monoisotopic (exact) mass is 1030 g/mol. The lowest BCUT2D eigenvalue weighted by Crippen LogP contribution is -2.29. The summed E-state index contributed by atoms with van der Waals surface area (Å²) < 4.78 is 71.4. The maximum Gasteiger partial charge on any atom is 0.167 e. The fourth-order valence-corrected chi connectivity index (χ4v) is 9.97. The van der Waals surface area contributed by atoms with Crippen LogP contribution in [0.3, 0.4) is 0 Å². The molecule has 10 rings (SSSR count). The molecule has 2 aromatic carbocycles. The van der Waals surface area contributed by atoms with Crippen molar-refractivity contribution in [2.45, 2.75) is 63.8 Å². The van der Waals surface area contributed by atoms with Gasteiger partial charge in [0.1, 0.15) is 35.7 Å². The first-order valence-electron chi connectivity index (χ1n) is 21.6. The lowest BCUT2D eigenvalue weighted by atomic mass is 10.1. The predicted octanol–water partition coefficient (Wildman–Crippen LogP) is 12.5. The Balaban J connectivity index is 0.000000174. The molecule has 6 aromatic heterocycles. The van der Waals surface area contributed by atoms with E-state index in [1.807, 2.05) is 0 Å². The Bertz CT molecular complexity index is 3120. The molecule has 356 valence electrons. The predicted molar refractivity (Wildman–Crippen MR) is 257 cm³/mol. The summed E-state index contributed by atoms with van der Waals surface area (Å²) in [5, 5.41) is 34.9. The van der Waals surface area contributed by atoms with Crippen LogP contribution in [0.25, 0.3) is 44.3 Å². The van der Waals surface area contributed by atoms with E-state index in [2.05, 4.69) is 52.5 Å². The second-order valence-electron chi connectivity index (χ2n) is 16.4. The smallest absolute Gasteiger partial charge is 0.167 e. The number of nitrogens with one attached hydrogen (secondary N) is 2. The molecular weight excluding hydrogens is 994 g/mol. The zero-order chi connectivity index (χ0) is 49.4. The molecule has 2 fully saturated rings. The second kappa shape index (κ2) is 20.2. The van der Waals surface area contributed by atoms with E-state index in [9.17, 15) is 19.3 Å². The van der Waals surface area contributed by atoms with Crippen LogP contribution in [0, 0.1) is 45.9 Å². The summed E-state index contributed by atoms with van der Waals surface area (Å²) in [4.78, 5) is 19.7. The van der Waals surface area contributed by atoms with Crippen LogP contribution in [0.15, 0.2) is 73.6 Å². The molecule has 8 heterocycles. The highest BCUT2D eigenvalue weighted by atomic mass is 35.5. The van der Waals surface area contributed by atoms with E-state index in [4.69, 9.17) is 55.9 Å². The van der Waals surface area contributed by atoms with E-state index in [-0.39, 0.29) is 23.1 Å². The number of ether oxygens (including phenoxy) is 2. The highest BCUT2D eigenvalue weighted by Crippen LogP contribution is 2.40. The molecular formula is C48H36Cl4F4N12O2. The summed E-state index contributed by atoms with van der Waals surface area (Å²) in [6.07, 6.45) is 10.3. The van der Waals surface area contributed by atoms with Gasteiger partial charge in [0, 0.05) is 95.4 Å². The van der Waals surface area contributed by atoms with Gasteiger partial charge in [0.2, 0.25) is 0 Å². The molecule has 2 aliphatic heterocycles. The first kappa shape index (κ1) is 48.1. The van der Waals surface area contributed by atoms with Gasteiger partial charge in [-0.1, -0.05) is 46.4 Å². The third-order valence-electron chi connectivity index (χ3n) is 12.0. The topological polar surface area (TPSA) is 181 Å². The number of anilines is 2. The second-order valence-corrected chi connectivity index (χ2v) is 18.0. The van der Waals surface area contributed by atoms with Crippen LogP contribution in [-0.4, -0.2) is 65.5 Å². The third kappa shape index (κ3) is 9.39. The van der Waals surface area contributed by atoms with Crippen molar-refractivity contribution in [3.05, 3.63) is 128 Å². The number of rotatable bonds is 10. The standard InChI is InChI=1S/2C24H18Cl2F2N6O/c2*1-12(22-16(25)10-30-11-17(22)26)35-21-6-15-20(7-18(21)27)32-33-23(15)13-5-19(28)24(31-9-13)34-4-2-3-14(34)8-29/h2*5-7,9-12,14H,2-4H2,1H3,(H,32,33)/t2*12?,14-/m10/s1. The molecule has 0 bridgehead atoms. The van der Waals surface area contributed by atoms with Crippen molar-refractivity contribution in [2.75, 3.05) is 22.9 Å². The van der Waals surface area contributed by atoms with Crippen LogP contribution in [0.1, 0.15) is 62.9 Å². The average molecular weight is 1030 g/mol. The Hall–Kier alpha value is -6.96. The highest BCUT2D eigenvalue weighted by molar-refractivity contribution is 6.36. The molecule has 22 heteroatoms. The summed E-state index contributed by atoms with van der Waals surface area (Å²) in [6.45, 7) is 4.52. The number of hydrogen-bond donors (Lipinski definition) is 2. The summed E-state index contributed by atoms with van der Waals surface area (Å²) in [6, 6.07) is 11.7. The molecule has 0 amide bonds. The van der Waals surface area contributed by atoms with Crippen LogP contribution in [0.5, 0.6) is 11.5 Å². The first-order valence-corrected chi connectivity index (χ1v) is 23.2. The van der Waals surface area contributed by atoms with Gasteiger partial charge >= 0.3 is 0 Å². The number of aromatic nitrogens is 8. The molecule has 0 spiro atoms. The minimum absolute atomic E-state index is 0.0458. The number of nitrogens with zero attached hydrogens (tertiary/aromatic N) is 10. The van der Waals surface area contributed by atoms with E-state index in [0.717, 1.165) is 12.8 Å². The average Bonchev–Trinajstić information content (AvgIpc) is 4.16. The van der Waals surface area contributed by atoms with Gasteiger partial charge in [-0.25, -0.2) is 27.5 Å². The molecule has 2 N–H and O–H groups in total. The Morgan fingerprint density at radius 2 is 0.971 bits per heavy atom. The molecule has 2 saturated heterocycles. The number of pyridine rings is 4. The van der Waals surface area contributed by atoms with Gasteiger partial charge in [-0.15, -0.1) is 0 Å². The molecule has 2 aliphatic rings. The summed E-state index contributed by atoms with van der Waals surface area (Å²) >= 11 is 24.8. The minimum Gasteiger partial charge on any atom is -0.483 e. The quantitative estimate of drug-likeness (QED) is 0.124. The molecule has 0 radical (unpaired) electrons. The largest absolute Gasteiger partial charge is 0.483 e. The van der Waals surface area contributed by atoms with E-state index >= 15 is 8.78 Å². The Kier molecular flexibility index (Phi) is 13.9. The fourth-order valence-electron chi connectivity index (χ4n) is 8.63. The number of fused-ring (bicyclic) bond motifs is 2. The zero-order valence-electron chi connectivity index (χ0n) is 36.8. The van der Waals surface area contributed by atoms with Crippen molar-refractivity contribution in [2.24, 2.45) is 0 Å². The van der Waals surface area contributed by atoms with Gasteiger partial charge < -0.3 is 19.3 Å². The van der Waals surface area contributed by atoms with E-state index in [1.165, 1.54) is 73.6 Å². The van der Waals surface area contributed by atoms with Crippen molar-refractivity contribution in [3.63, 3.8) is 0 Å². The van der Waals surface area contributed by atoms with E-state index < -0.39 is 47.6 Å². The molecule has 2 unspecified atom stereocenters. The van der Waals surface area contributed by atoms with Crippen LogP contribution >= 0.6 is 46.4 Å². The van der Waals surface area contributed by atoms with Gasteiger partial charge in [-0.05, 0) is 63.8 Å². The maximum atomic E-state index is 15.0. The lowest BCUT2D eigenvalue weighted by molar-refractivity contribution is 0.217. The molecule has 70 heavy (non-hydrogen) atoms. The van der Waals surface area contributed by atoms with Crippen molar-refractivity contribution in [1.29, 1.82) is 10.5 Å². The van der Waals surface area contributed by atoms with Gasteiger partial charge in [0.05, 0.1) is 43.3 Å². The van der Waals surface area contributed by atoms with Gasteiger partial charge in [0.25, 0.3) is 0 Å². The highest BCUT2D eigenvalue weighted by Gasteiger charge is 2.30. The van der Waals surface area contributed by atoms with E-state index in [1.54, 1.807) is 23.6 Å². The SMILES string of the molecule is CC(Oc1cc2c(-c3cnc(N4CCC[C@@H]4C#N)c(F)c3)n[nH]c2cc1F)c1c(Cl)cncc1Cl.CC(Oc1cc2c(-c3cnc(N4CCC[C@H]4C#N)c(F)c3)n[nH]c2cc1F)c1c(Cl)cncc1Cl. The van der Waals surface area contributed by atoms with Crippen LogP contribution in [0.2, 0.25) is 20.1 Å². The number of aromatic amines is 2. The number of nitriles is 2.